The lowest BCUT2D eigenvalue weighted by atomic mass is 10.1. The molecule has 0 radical (unpaired) electrons. The summed E-state index contributed by atoms with van der Waals surface area (Å²) in [4.78, 5) is 60.5. The average Bonchev–Trinajstić information content (AvgIpc) is 3.49. The number of aliphatic hydroxyl groups is 1. The van der Waals surface area contributed by atoms with Crippen LogP contribution in [0.2, 0.25) is 5.02 Å². The highest BCUT2D eigenvalue weighted by molar-refractivity contribution is 7.47. The Morgan fingerprint density at radius 2 is 2.00 bits per heavy atom. The molecule has 0 amide bonds. The van der Waals surface area contributed by atoms with Crippen molar-refractivity contribution in [2.75, 3.05) is 13.2 Å². The van der Waals surface area contributed by atoms with Gasteiger partial charge < -0.3 is 33.4 Å². The van der Waals surface area contributed by atoms with Crippen LogP contribution in [-0.2, 0) is 37.6 Å². The molecule has 224 valence electrons. The van der Waals surface area contributed by atoms with Crippen molar-refractivity contribution in [2.45, 2.75) is 63.1 Å². The number of aromatic amines is 1. The predicted octanol–water partition coefficient (Wildman–Crippen LogP) is 1.41. The molecule has 0 aliphatic carbocycles. The molecule has 0 spiro atoms. The van der Waals surface area contributed by atoms with Gasteiger partial charge in [0.25, 0.3) is 5.56 Å². The SMILES string of the molecule is CC(=O)CCC(=O)OC[C@H]1O[C@@H](n2ccc(=O)[nH]c2=O)[C@H](OC2CCCO2)[C@@]1(O)OP(=O)(O)Oc1ccccc1Cl. The molecule has 2 saturated heterocycles. The van der Waals surface area contributed by atoms with Crippen molar-refractivity contribution in [3.63, 3.8) is 0 Å². The standard InChI is InChI=1S/C24H28ClN2O13P/c1-14(28)8-9-19(30)36-13-17-24(32,40-41(33,34)39-16-6-3-2-5-15(16)25)21(38-20-7-4-12-35-20)22(37-17)27-11-10-18(29)26-23(27)31/h2-3,5-6,10-11,17,20-22,32H,4,7-9,12-13H2,1H3,(H,33,34)(H,26,29,31)/t17-,20?,21+,22-,24+/m1/s1. The maximum absolute atomic E-state index is 13.2. The molecule has 15 nitrogen and oxygen atoms in total. The van der Waals surface area contributed by atoms with E-state index in [-0.39, 0.29) is 29.4 Å². The minimum atomic E-state index is -5.25. The van der Waals surface area contributed by atoms with Crippen LogP contribution in [0.3, 0.4) is 0 Å². The number of nitrogens with zero attached hydrogens (tertiary/aromatic N) is 1. The highest BCUT2D eigenvalue weighted by Crippen LogP contribution is 2.54. The predicted molar refractivity (Wildman–Crippen MR) is 138 cm³/mol. The number of ether oxygens (including phenoxy) is 4. The van der Waals surface area contributed by atoms with E-state index in [4.69, 9.17) is 39.6 Å². The molecule has 6 atom stereocenters. The number of carbonyl (C=O) groups is 2. The molecule has 2 aromatic rings. The first kappa shape index (κ1) is 31.1. The summed E-state index contributed by atoms with van der Waals surface area (Å²) in [6, 6.07) is 6.68. The fourth-order valence-electron chi connectivity index (χ4n) is 4.18. The lowest BCUT2D eigenvalue weighted by molar-refractivity contribution is -0.267. The fraction of sp³-hybridized carbons (Fsp3) is 0.500. The van der Waals surface area contributed by atoms with Crippen LogP contribution in [0.1, 0.15) is 38.8 Å². The van der Waals surface area contributed by atoms with Gasteiger partial charge in [-0.15, -0.1) is 0 Å². The Labute approximate surface area is 237 Å². The molecule has 3 heterocycles. The van der Waals surface area contributed by atoms with E-state index in [1.165, 1.54) is 25.1 Å². The van der Waals surface area contributed by atoms with Gasteiger partial charge in [0.2, 0.25) is 5.79 Å². The van der Waals surface area contributed by atoms with E-state index in [0.717, 1.165) is 16.8 Å². The molecular weight excluding hydrogens is 591 g/mol. The van der Waals surface area contributed by atoms with Crippen LogP contribution in [0.25, 0.3) is 0 Å². The lowest BCUT2D eigenvalue weighted by Crippen LogP contribution is -2.53. The molecule has 4 rings (SSSR count). The zero-order valence-corrected chi connectivity index (χ0v) is 23.3. The van der Waals surface area contributed by atoms with Gasteiger partial charge in [0, 0.05) is 31.7 Å². The summed E-state index contributed by atoms with van der Waals surface area (Å²) in [7, 11) is -5.25. The average molecular weight is 619 g/mol. The lowest BCUT2D eigenvalue weighted by Gasteiger charge is -2.34. The summed E-state index contributed by atoms with van der Waals surface area (Å²) >= 11 is 6.03. The topological polar surface area (TPSA) is 202 Å². The third-order valence-corrected chi connectivity index (χ3v) is 7.39. The van der Waals surface area contributed by atoms with Crippen molar-refractivity contribution in [1.29, 1.82) is 0 Å². The molecule has 17 heteroatoms. The summed E-state index contributed by atoms with van der Waals surface area (Å²) < 4.78 is 46.8. The van der Waals surface area contributed by atoms with Crippen LogP contribution >= 0.6 is 19.4 Å². The Bertz CT molecular complexity index is 1420. The van der Waals surface area contributed by atoms with E-state index < -0.39 is 62.2 Å². The minimum Gasteiger partial charge on any atom is -0.463 e. The smallest absolute Gasteiger partial charge is 0.463 e. The molecule has 1 aromatic heterocycles. The van der Waals surface area contributed by atoms with Crippen LogP contribution in [-0.4, -0.2) is 68.8 Å². The number of benzene rings is 1. The van der Waals surface area contributed by atoms with Crippen molar-refractivity contribution in [3.05, 3.63) is 62.4 Å². The van der Waals surface area contributed by atoms with E-state index in [0.29, 0.717) is 19.4 Å². The number of halogens is 1. The van der Waals surface area contributed by atoms with Gasteiger partial charge in [0.15, 0.2) is 24.7 Å². The van der Waals surface area contributed by atoms with Crippen LogP contribution < -0.4 is 15.8 Å². The molecule has 2 aliphatic rings. The molecule has 2 fully saturated rings. The van der Waals surface area contributed by atoms with Gasteiger partial charge in [-0.3, -0.25) is 24.0 Å². The number of hydrogen-bond donors (Lipinski definition) is 3. The molecule has 2 aliphatic heterocycles. The van der Waals surface area contributed by atoms with E-state index >= 15 is 0 Å². The number of ketones is 1. The Morgan fingerprint density at radius 3 is 2.66 bits per heavy atom. The monoisotopic (exact) mass is 618 g/mol. The first-order valence-corrected chi connectivity index (χ1v) is 14.3. The minimum absolute atomic E-state index is 0.0409. The largest absolute Gasteiger partial charge is 0.530 e. The Balaban J connectivity index is 1.70. The number of H-pyrrole nitrogens is 1. The number of Topliss-reactive ketones (excluding diaryl/α,β-unsaturated/α-hetero) is 1. The summed E-state index contributed by atoms with van der Waals surface area (Å²) in [5, 5.41) is 11.8. The summed E-state index contributed by atoms with van der Waals surface area (Å²) in [5.74, 6) is -4.27. The Morgan fingerprint density at radius 1 is 1.24 bits per heavy atom. The van der Waals surface area contributed by atoms with Crippen LogP contribution in [0, 0.1) is 0 Å². The number of nitrogens with one attached hydrogen (secondary N) is 1. The normalized spacial score (nSPS) is 27.3. The second-order valence-corrected chi connectivity index (χ2v) is 11.0. The van der Waals surface area contributed by atoms with E-state index in [2.05, 4.69) is 0 Å². The third kappa shape index (κ3) is 7.70. The van der Waals surface area contributed by atoms with Gasteiger partial charge in [0.1, 0.15) is 18.1 Å². The molecular formula is C24H28ClN2O13P. The molecule has 41 heavy (non-hydrogen) atoms. The maximum Gasteiger partial charge on any atom is 0.530 e. The maximum atomic E-state index is 13.2. The van der Waals surface area contributed by atoms with Crippen LogP contribution in [0.15, 0.2) is 46.1 Å². The summed E-state index contributed by atoms with van der Waals surface area (Å²) in [6.07, 6.45) is -4.45. The van der Waals surface area contributed by atoms with Gasteiger partial charge >= 0.3 is 19.5 Å². The molecule has 1 aromatic carbocycles. The van der Waals surface area contributed by atoms with Crippen molar-refractivity contribution >= 4 is 31.2 Å². The number of phosphoric ester groups is 1. The number of esters is 1. The highest BCUT2D eigenvalue weighted by atomic mass is 35.5. The van der Waals surface area contributed by atoms with Gasteiger partial charge in [0.05, 0.1) is 11.4 Å². The first-order chi connectivity index (χ1) is 19.4. The molecule has 0 bridgehead atoms. The van der Waals surface area contributed by atoms with E-state index in [9.17, 15) is 33.7 Å². The van der Waals surface area contributed by atoms with Crippen molar-refractivity contribution in [1.82, 2.24) is 9.55 Å². The van der Waals surface area contributed by atoms with Gasteiger partial charge in [-0.25, -0.2) is 13.9 Å². The molecule has 2 unspecified atom stereocenters. The van der Waals surface area contributed by atoms with E-state index in [1.807, 2.05) is 4.98 Å². The number of hydrogen-bond acceptors (Lipinski definition) is 12. The van der Waals surface area contributed by atoms with Crippen molar-refractivity contribution in [2.24, 2.45) is 0 Å². The number of carbonyl (C=O) groups excluding carboxylic acids is 2. The number of phosphoric acid groups is 1. The first-order valence-electron chi connectivity index (χ1n) is 12.5. The fourth-order valence-corrected chi connectivity index (χ4v) is 5.45. The quantitative estimate of drug-likeness (QED) is 0.175. The number of rotatable bonds is 12. The zero-order valence-electron chi connectivity index (χ0n) is 21.7. The highest BCUT2D eigenvalue weighted by Gasteiger charge is 2.63. The second-order valence-electron chi connectivity index (χ2n) is 9.25. The van der Waals surface area contributed by atoms with Gasteiger partial charge in [-0.2, -0.15) is 0 Å². The molecule has 3 N–H and O–H groups in total. The van der Waals surface area contributed by atoms with Gasteiger partial charge in [-0.05, 0) is 25.5 Å². The van der Waals surface area contributed by atoms with Crippen LogP contribution in [0.4, 0.5) is 0 Å². The second kappa shape index (κ2) is 13.0. The zero-order chi connectivity index (χ0) is 29.8. The van der Waals surface area contributed by atoms with E-state index in [1.54, 1.807) is 6.07 Å². The molecule has 0 saturated carbocycles. The number of aromatic nitrogens is 2. The Hall–Kier alpha value is -2.88. The third-order valence-electron chi connectivity index (χ3n) is 6.13. The summed E-state index contributed by atoms with van der Waals surface area (Å²) in [5.41, 5.74) is -1.69. The van der Waals surface area contributed by atoms with Crippen molar-refractivity contribution < 1.29 is 52.1 Å². The summed E-state index contributed by atoms with van der Waals surface area (Å²) in [6.45, 7) is 0.836. The van der Waals surface area contributed by atoms with Crippen molar-refractivity contribution in [3.8, 4) is 5.75 Å². The van der Waals surface area contributed by atoms with Gasteiger partial charge in [-0.1, -0.05) is 23.7 Å². The number of para-hydroxylation sites is 1. The van der Waals surface area contributed by atoms with Crippen LogP contribution in [0.5, 0.6) is 5.75 Å². The Kier molecular flexibility index (Phi) is 9.82.